The highest BCUT2D eigenvalue weighted by Gasteiger charge is 2.31. The molecule has 1 saturated heterocycles. The molecule has 0 atom stereocenters. The molecule has 1 aromatic heterocycles. The van der Waals surface area contributed by atoms with Gasteiger partial charge >= 0.3 is 6.36 Å². The van der Waals surface area contributed by atoms with Gasteiger partial charge in [0.05, 0.1) is 0 Å². The van der Waals surface area contributed by atoms with Crippen molar-refractivity contribution in [1.82, 2.24) is 9.88 Å². The van der Waals surface area contributed by atoms with Gasteiger partial charge < -0.3 is 14.5 Å². The molecule has 0 bridgehead atoms. The Morgan fingerprint density at radius 2 is 1.93 bits per heavy atom. The van der Waals surface area contributed by atoms with Gasteiger partial charge in [0, 0.05) is 48.9 Å². The third kappa shape index (κ3) is 5.22. The van der Waals surface area contributed by atoms with Crippen molar-refractivity contribution >= 4 is 28.5 Å². The Bertz CT molecular complexity index is 827. The predicted molar refractivity (Wildman–Crippen MR) is 97.8 cm³/mol. The maximum absolute atomic E-state index is 12.5. The van der Waals surface area contributed by atoms with E-state index in [2.05, 4.69) is 14.6 Å². The van der Waals surface area contributed by atoms with E-state index in [1.165, 1.54) is 30.4 Å². The Kier molecular flexibility index (Phi) is 5.69. The second-order valence-corrected chi connectivity index (χ2v) is 7.20. The van der Waals surface area contributed by atoms with Gasteiger partial charge in [-0.1, -0.05) is 18.2 Å². The SMILES string of the molecule is Cc1cnc(N2CCN(C(=O)/C=C\c3ccccc3OC(F)(F)F)CC2)s1. The molecule has 2 aromatic rings. The summed E-state index contributed by atoms with van der Waals surface area (Å²) in [4.78, 5) is 21.6. The number of carbonyl (C=O) groups excluding carboxylic acids is 1. The largest absolute Gasteiger partial charge is 0.573 e. The molecule has 2 heterocycles. The van der Waals surface area contributed by atoms with Gasteiger partial charge in [-0.3, -0.25) is 4.79 Å². The fraction of sp³-hybridized carbons (Fsp3) is 0.333. The number of thiazole rings is 1. The molecule has 27 heavy (non-hydrogen) atoms. The van der Waals surface area contributed by atoms with Crippen molar-refractivity contribution in [3.05, 3.63) is 47.0 Å². The molecule has 3 rings (SSSR count). The van der Waals surface area contributed by atoms with Crippen LogP contribution in [0.5, 0.6) is 5.75 Å². The number of carbonyl (C=O) groups is 1. The number of hydrogen-bond acceptors (Lipinski definition) is 5. The minimum absolute atomic E-state index is 0.195. The van der Waals surface area contributed by atoms with E-state index in [0.29, 0.717) is 26.2 Å². The Morgan fingerprint density at radius 1 is 1.22 bits per heavy atom. The van der Waals surface area contributed by atoms with Crippen LogP contribution >= 0.6 is 11.3 Å². The molecule has 1 aromatic carbocycles. The van der Waals surface area contributed by atoms with Gasteiger partial charge in [-0.2, -0.15) is 0 Å². The second-order valence-electron chi connectivity index (χ2n) is 5.98. The molecule has 1 fully saturated rings. The summed E-state index contributed by atoms with van der Waals surface area (Å²) in [5.41, 5.74) is 0.195. The maximum atomic E-state index is 12.5. The average Bonchev–Trinajstić information content (AvgIpc) is 3.06. The van der Waals surface area contributed by atoms with Crippen LogP contribution in [0, 0.1) is 6.92 Å². The third-order valence-corrected chi connectivity index (χ3v) is 4.99. The normalized spacial score (nSPS) is 15.4. The smallest absolute Gasteiger partial charge is 0.405 e. The lowest BCUT2D eigenvalue weighted by Gasteiger charge is -2.34. The van der Waals surface area contributed by atoms with Crippen LogP contribution in [0.3, 0.4) is 0 Å². The van der Waals surface area contributed by atoms with E-state index in [9.17, 15) is 18.0 Å². The van der Waals surface area contributed by atoms with Gasteiger partial charge in [-0.05, 0) is 19.1 Å². The lowest BCUT2D eigenvalue weighted by Crippen LogP contribution is -2.48. The van der Waals surface area contributed by atoms with Crippen LogP contribution in [0.1, 0.15) is 10.4 Å². The Labute approximate surface area is 158 Å². The Balaban J connectivity index is 1.60. The zero-order chi connectivity index (χ0) is 19.4. The summed E-state index contributed by atoms with van der Waals surface area (Å²) in [6.07, 6.45) is -0.332. The van der Waals surface area contributed by atoms with Gasteiger partial charge in [0.2, 0.25) is 5.91 Å². The molecule has 144 valence electrons. The zero-order valence-electron chi connectivity index (χ0n) is 14.6. The first-order valence-electron chi connectivity index (χ1n) is 8.31. The van der Waals surface area contributed by atoms with Gasteiger partial charge in [0.25, 0.3) is 0 Å². The number of para-hydroxylation sites is 1. The van der Waals surface area contributed by atoms with E-state index in [4.69, 9.17) is 0 Å². The standard InChI is InChI=1S/C18H18F3N3O2S/c1-13-12-22-17(27-13)24-10-8-23(9-11-24)16(25)7-6-14-4-2-3-5-15(14)26-18(19,20)21/h2-7,12H,8-11H2,1H3/b7-6-. The van der Waals surface area contributed by atoms with Crippen LogP contribution in [0.15, 0.2) is 36.5 Å². The molecular weight excluding hydrogens is 379 g/mol. The van der Waals surface area contributed by atoms with Crippen molar-refractivity contribution in [1.29, 1.82) is 0 Å². The minimum Gasteiger partial charge on any atom is -0.405 e. The second kappa shape index (κ2) is 7.99. The molecule has 0 radical (unpaired) electrons. The zero-order valence-corrected chi connectivity index (χ0v) is 15.4. The number of aryl methyl sites for hydroxylation is 1. The van der Waals surface area contributed by atoms with Crippen molar-refractivity contribution in [3.63, 3.8) is 0 Å². The molecule has 9 heteroatoms. The first kappa shape index (κ1) is 19.2. The highest BCUT2D eigenvalue weighted by Crippen LogP contribution is 2.27. The fourth-order valence-corrected chi connectivity index (χ4v) is 3.52. The lowest BCUT2D eigenvalue weighted by atomic mass is 10.2. The molecule has 1 aliphatic heterocycles. The van der Waals surface area contributed by atoms with Crippen LogP contribution in [0.2, 0.25) is 0 Å². The summed E-state index contributed by atoms with van der Waals surface area (Å²) in [7, 11) is 0. The number of benzene rings is 1. The van der Waals surface area contributed by atoms with Crippen LogP contribution in [0.4, 0.5) is 18.3 Å². The van der Waals surface area contributed by atoms with E-state index in [0.717, 1.165) is 10.0 Å². The summed E-state index contributed by atoms with van der Waals surface area (Å²) >= 11 is 1.61. The van der Waals surface area contributed by atoms with Crippen molar-refractivity contribution in [2.75, 3.05) is 31.1 Å². The van der Waals surface area contributed by atoms with Gasteiger partial charge in [-0.25, -0.2) is 4.98 Å². The number of hydrogen-bond donors (Lipinski definition) is 0. The van der Waals surface area contributed by atoms with Crippen LogP contribution < -0.4 is 9.64 Å². The van der Waals surface area contributed by atoms with Crippen molar-refractivity contribution < 1.29 is 22.7 Å². The lowest BCUT2D eigenvalue weighted by molar-refractivity contribution is -0.274. The highest BCUT2D eigenvalue weighted by molar-refractivity contribution is 7.15. The summed E-state index contributed by atoms with van der Waals surface area (Å²) in [5.74, 6) is -0.579. The molecule has 0 aliphatic carbocycles. The van der Waals surface area contributed by atoms with Crippen LogP contribution in [0.25, 0.3) is 6.08 Å². The van der Waals surface area contributed by atoms with E-state index < -0.39 is 6.36 Å². The van der Waals surface area contributed by atoms with Crippen molar-refractivity contribution in [2.24, 2.45) is 0 Å². The highest BCUT2D eigenvalue weighted by atomic mass is 32.1. The number of rotatable bonds is 4. The number of nitrogens with zero attached hydrogens (tertiary/aromatic N) is 3. The Hall–Kier alpha value is -2.55. The minimum atomic E-state index is -4.78. The van der Waals surface area contributed by atoms with E-state index in [-0.39, 0.29) is 17.2 Å². The average molecular weight is 397 g/mol. The first-order valence-corrected chi connectivity index (χ1v) is 9.12. The molecule has 0 saturated carbocycles. The third-order valence-electron chi connectivity index (χ3n) is 4.02. The topological polar surface area (TPSA) is 45.7 Å². The van der Waals surface area contributed by atoms with E-state index in [1.54, 1.807) is 22.3 Å². The molecule has 5 nitrogen and oxygen atoms in total. The summed E-state index contributed by atoms with van der Waals surface area (Å²) in [6.45, 7) is 4.39. The maximum Gasteiger partial charge on any atom is 0.573 e. The quantitative estimate of drug-likeness (QED) is 0.738. The van der Waals surface area contributed by atoms with E-state index in [1.807, 2.05) is 13.1 Å². The van der Waals surface area contributed by atoms with Gasteiger partial charge in [0.15, 0.2) is 5.13 Å². The number of alkyl halides is 3. The number of anilines is 1. The summed E-state index contributed by atoms with van der Waals surface area (Å²) < 4.78 is 41.4. The van der Waals surface area contributed by atoms with E-state index >= 15 is 0 Å². The number of halogens is 3. The van der Waals surface area contributed by atoms with Gasteiger partial charge in [0.1, 0.15) is 5.75 Å². The molecular formula is C18H18F3N3O2S. The van der Waals surface area contributed by atoms with Gasteiger partial charge in [-0.15, -0.1) is 24.5 Å². The number of piperazine rings is 1. The van der Waals surface area contributed by atoms with Crippen LogP contribution in [-0.2, 0) is 4.79 Å². The molecule has 1 amide bonds. The summed E-state index contributed by atoms with van der Waals surface area (Å²) in [5, 5.41) is 0.938. The molecule has 0 unspecified atom stereocenters. The molecule has 0 spiro atoms. The number of amides is 1. The monoisotopic (exact) mass is 397 g/mol. The van der Waals surface area contributed by atoms with Crippen molar-refractivity contribution in [2.45, 2.75) is 13.3 Å². The Morgan fingerprint density at radius 3 is 2.56 bits per heavy atom. The number of aromatic nitrogens is 1. The van der Waals surface area contributed by atoms with Crippen LogP contribution in [-0.4, -0.2) is 48.3 Å². The van der Waals surface area contributed by atoms with Crippen molar-refractivity contribution in [3.8, 4) is 5.75 Å². The fourth-order valence-electron chi connectivity index (χ4n) is 2.71. The summed E-state index contributed by atoms with van der Waals surface area (Å²) in [6, 6.07) is 5.71. The molecule has 0 N–H and O–H groups in total. The number of ether oxygens (including phenoxy) is 1. The predicted octanol–water partition coefficient (Wildman–Crippen LogP) is 3.71. The first-order chi connectivity index (χ1) is 12.8. The molecule has 1 aliphatic rings.